The molecule has 6 heavy (non-hydrogen) atoms. The van der Waals surface area contributed by atoms with E-state index in [2.05, 4.69) is 0 Å². The second kappa shape index (κ2) is 10.4. The van der Waals surface area contributed by atoms with Crippen molar-refractivity contribution in [3.63, 3.8) is 0 Å². The Morgan fingerprint density at radius 3 is 1.33 bits per heavy atom. The zero-order valence-corrected chi connectivity index (χ0v) is 7.77. The van der Waals surface area contributed by atoms with E-state index in [1.165, 1.54) is 0 Å². The molecule has 0 aromatic rings. The summed E-state index contributed by atoms with van der Waals surface area (Å²) in [5.41, 5.74) is 0. The first-order valence-corrected chi connectivity index (χ1v) is 2.33. The smallest absolute Gasteiger partial charge is 0 e. The zero-order chi connectivity index (χ0) is 3.58. The Hall–Kier alpha value is 2.46. The van der Waals surface area contributed by atoms with Crippen molar-refractivity contribution in [3.8, 4) is 0 Å². The maximum atomic E-state index is 8.67. The van der Waals surface area contributed by atoms with Crippen molar-refractivity contribution in [3.05, 3.63) is 0 Å². The molecule has 0 unspecified atom stereocenters. The van der Waals surface area contributed by atoms with Crippen molar-refractivity contribution in [1.82, 2.24) is 0 Å². The van der Waals surface area contributed by atoms with Crippen LogP contribution in [-0.4, -0.2) is 41.8 Å². The van der Waals surface area contributed by atoms with Crippen molar-refractivity contribution in [2.24, 2.45) is 0 Å². The van der Waals surface area contributed by atoms with Gasteiger partial charge in [0.05, 0.1) is 0 Å². The molecule has 0 heterocycles. The topological polar surface area (TPSA) is 54.4 Å². The second-order valence-electron chi connectivity index (χ2n) is 0.238. The van der Waals surface area contributed by atoms with Crippen LogP contribution in [0, 0.1) is 31.1 Å². The van der Waals surface area contributed by atoms with Crippen molar-refractivity contribution in [2.45, 2.75) is 0 Å². The standard InChI is InChI=1S/Ca.H2O.2O.U.V.2H/h;1H2;;;;;;/q;;;;;+1;;/p-1. The first-order valence-electron chi connectivity index (χ1n) is 0.565. The average molecular weight is 380 g/mol. The molecule has 0 spiro atoms. The van der Waals surface area contributed by atoms with Gasteiger partial charge in [-0.1, -0.05) is 0 Å². The maximum Gasteiger partial charge on any atom is 0 e. The third-order valence-corrected chi connectivity index (χ3v) is 0. The fraction of sp³-hybridized carbons (Fsp3) is 0. The Kier molecular flexibility index (Phi) is 27.5. The molecular weight excluding hydrogens is 377 g/mol. The van der Waals surface area contributed by atoms with E-state index in [1.54, 1.807) is 0 Å². The number of hydrogen-bond acceptors (Lipinski definition) is 2. The Balaban J connectivity index is -0.0000000450. The van der Waals surface area contributed by atoms with Gasteiger partial charge in [0.25, 0.3) is 0 Å². The van der Waals surface area contributed by atoms with Crippen LogP contribution in [0.25, 0.3) is 0 Å². The molecule has 0 saturated heterocycles. The summed E-state index contributed by atoms with van der Waals surface area (Å²) < 4.78 is 24.4. The van der Waals surface area contributed by atoms with Gasteiger partial charge >= 0.3 is 64.5 Å². The Labute approximate surface area is 93.6 Å². The minimum atomic E-state index is -3.69. The minimum Gasteiger partial charge on any atom is 0 e. The van der Waals surface area contributed by atoms with E-state index >= 15 is 0 Å². The molecule has 0 aliphatic heterocycles. The van der Waals surface area contributed by atoms with Gasteiger partial charge in [0.15, 0.2) is 0 Å². The third kappa shape index (κ3) is 31.9. The van der Waals surface area contributed by atoms with Crippen LogP contribution < -0.4 is 0 Å². The molecular formula is H3CaO3UV. The summed E-state index contributed by atoms with van der Waals surface area (Å²) >= 11 is -3.69. The molecule has 0 bridgehead atoms. The number of rotatable bonds is 0. The molecule has 0 atom stereocenters. The maximum absolute atomic E-state index is 8.67. The molecule has 0 aliphatic rings. The van der Waals surface area contributed by atoms with Crippen LogP contribution in [0.1, 0.15) is 0 Å². The van der Waals surface area contributed by atoms with E-state index in [0.717, 1.165) is 0 Å². The molecule has 0 saturated carbocycles. The normalized spacial score (nSPS) is 4.17. The summed E-state index contributed by atoms with van der Waals surface area (Å²) in [6, 6.07) is 0. The molecule has 3 nitrogen and oxygen atoms in total. The average Bonchev–Trinajstić information content (AvgIpc) is 0.811. The second-order valence-corrected chi connectivity index (χ2v) is 0.981. The van der Waals surface area contributed by atoms with E-state index < -0.39 is 15.4 Å². The summed E-state index contributed by atoms with van der Waals surface area (Å²) in [5, 5.41) is 0. The van der Waals surface area contributed by atoms with Gasteiger partial charge in [-0.15, -0.1) is 0 Å². The summed E-state index contributed by atoms with van der Waals surface area (Å²) in [6.07, 6.45) is 0. The molecule has 0 radical (unpaired) electrons. The van der Waals surface area contributed by atoms with E-state index in [4.69, 9.17) is 11.4 Å². The molecule has 0 rings (SSSR count). The van der Waals surface area contributed by atoms with Gasteiger partial charge in [-0.2, -0.15) is 0 Å². The third-order valence-electron chi connectivity index (χ3n) is 0. The fourth-order valence-corrected chi connectivity index (χ4v) is 0. The van der Waals surface area contributed by atoms with Crippen LogP contribution in [0.5, 0.6) is 0 Å². The molecule has 0 fully saturated rings. The van der Waals surface area contributed by atoms with Crippen LogP contribution in [0.4, 0.5) is 0 Å². The molecule has 0 aliphatic carbocycles. The summed E-state index contributed by atoms with van der Waals surface area (Å²) in [5.74, 6) is 0. The van der Waals surface area contributed by atoms with E-state index in [1.807, 2.05) is 0 Å². The molecule has 0 aromatic carbocycles. The molecule has 0 aromatic heterocycles. The van der Waals surface area contributed by atoms with Crippen LogP contribution >= 0.6 is 0 Å². The van der Waals surface area contributed by atoms with E-state index in [-0.39, 0.29) is 68.9 Å². The van der Waals surface area contributed by atoms with E-state index in [0.29, 0.717) is 0 Å². The van der Waals surface area contributed by atoms with Crippen molar-refractivity contribution >= 4 is 37.7 Å². The Morgan fingerprint density at radius 2 is 1.33 bits per heavy atom. The molecule has 0 amide bonds. The summed E-state index contributed by atoms with van der Waals surface area (Å²) in [6.45, 7) is 0. The largest absolute Gasteiger partial charge is 0 e. The molecule has 6 heteroatoms. The molecule has 1 N–H and O–H groups in total. The van der Waals surface area contributed by atoms with Crippen LogP contribution in [0.3, 0.4) is 0 Å². The van der Waals surface area contributed by atoms with Gasteiger partial charge < -0.3 is 0 Å². The van der Waals surface area contributed by atoms with Crippen LogP contribution in [-0.2, 0) is 22.7 Å². The number of hydrogen-bond donors (Lipinski definition) is 1. The predicted molar refractivity (Wildman–Crippen MR) is 12.1 cm³/mol. The minimum absolute atomic E-state index is 0. The quantitative estimate of drug-likeness (QED) is 0.510. The van der Waals surface area contributed by atoms with Crippen molar-refractivity contribution in [1.29, 1.82) is 0 Å². The monoisotopic (exact) mass is 380 g/mol. The van der Waals surface area contributed by atoms with Gasteiger partial charge in [-0.25, -0.2) is 0 Å². The van der Waals surface area contributed by atoms with Gasteiger partial charge in [0, 0.05) is 31.1 Å². The first kappa shape index (κ1) is 15.8. The van der Waals surface area contributed by atoms with Crippen LogP contribution in [0.15, 0.2) is 0 Å². The van der Waals surface area contributed by atoms with Gasteiger partial charge in [0.1, 0.15) is 0 Å². The van der Waals surface area contributed by atoms with Gasteiger partial charge in [0.2, 0.25) is 0 Å². The van der Waals surface area contributed by atoms with Crippen LogP contribution in [0.2, 0.25) is 0 Å². The summed E-state index contributed by atoms with van der Waals surface area (Å²) in [7, 11) is 0. The van der Waals surface area contributed by atoms with Gasteiger partial charge in [-0.3, -0.25) is 0 Å². The fourth-order valence-electron chi connectivity index (χ4n) is 0. The predicted octanol–water partition coefficient (Wildman–Crippen LogP) is -1.71. The summed E-state index contributed by atoms with van der Waals surface area (Å²) in [4.78, 5) is 0. The zero-order valence-electron chi connectivity index (χ0n) is 2.21. The molecule has 32 valence electrons. The van der Waals surface area contributed by atoms with Crippen molar-refractivity contribution in [2.75, 3.05) is 0 Å². The Bertz CT molecular complexity index is 59.2. The SMILES string of the molecule is [CaH2].[O]=[V](=[O])[OH].[U]. The van der Waals surface area contributed by atoms with E-state index in [9.17, 15) is 0 Å². The Morgan fingerprint density at radius 1 is 1.33 bits per heavy atom. The van der Waals surface area contributed by atoms with Crippen molar-refractivity contribution < 1.29 is 57.9 Å². The van der Waals surface area contributed by atoms with Gasteiger partial charge in [-0.05, 0) is 0 Å². The first-order chi connectivity index (χ1) is 1.73.